The molecule has 17 heavy (non-hydrogen) atoms. The fraction of sp³-hybridized carbons (Fsp3) is 0.500. The Morgan fingerprint density at radius 1 is 1.47 bits per heavy atom. The topological polar surface area (TPSA) is 59.9 Å². The smallest absolute Gasteiger partial charge is 0.280 e. The number of pyridine rings is 1. The maximum Gasteiger partial charge on any atom is 0.280 e. The summed E-state index contributed by atoms with van der Waals surface area (Å²) in [5, 5.41) is 3.19. The van der Waals surface area contributed by atoms with E-state index >= 15 is 0 Å². The number of nitrogens with one attached hydrogen (secondary N) is 1. The van der Waals surface area contributed by atoms with Crippen molar-refractivity contribution < 1.29 is 4.74 Å². The van der Waals surface area contributed by atoms with Crippen molar-refractivity contribution >= 4 is 0 Å². The molecule has 90 valence electrons. The maximum absolute atomic E-state index is 11.7. The molecule has 0 aromatic carbocycles. The minimum Gasteiger partial charge on any atom is -0.381 e. The maximum atomic E-state index is 11.7. The first-order valence-corrected chi connectivity index (χ1v) is 5.90. The largest absolute Gasteiger partial charge is 0.381 e. The van der Waals surface area contributed by atoms with Gasteiger partial charge >= 0.3 is 0 Å². The van der Waals surface area contributed by atoms with Crippen molar-refractivity contribution in [1.29, 1.82) is 0 Å². The lowest BCUT2D eigenvalue weighted by Crippen LogP contribution is -2.22. The van der Waals surface area contributed by atoms with E-state index in [2.05, 4.69) is 14.8 Å². The van der Waals surface area contributed by atoms with E-state index in [1.54, 1.807) is 12.4 Å². The molecule has 0 atom stereocenters. The number of fused-ring (bicyclic) bond motifs is 1. The number of aromatic nitrogens is 3. The van der Waals surface area contributed by atoms with E-state index in [4.69, 9.17) is 4.74 Å². The summed E-state index contributed by atoms with van der Waals surface area (Å²) in [5.41, 5.74) is 2.54. The number of aromatic amines is 1. The van der Waals surface area contributed by atoms with Gasteiger partial charge in [-0.1, -0.05) is 0 Å². The van der Waals surface area contributed by atoms with Crippen molar-refractivity contribution in [3.8, 4) is 11.3 Å². The van der Waals surface area contributed by atoms with E-state index < -0.39 is 0 Å². The van der Waals surface area contributed by atoms with Crippen molar-refractivity contribution in [3.63, 3.8) is 0 Å². The second kappa shape index (κ2) is 4.00. The lowest BCUT2D eigenvalue weighted by atomic mass is 10.1. The highest BCUT2D eigenvalue weighted by Crippen LogP contribution is 2.28. The highest BCUT2D eigenvalue weighted by molar-refractivity contribution is 5.62. The summed E-state index contributed by atoms with van der Waals surface area (Å²) >= 11 is 0. The van der Waals surface area contributed by atoms with Crippen LogP contribution in [0.5, 0.6) is 0 Å². The second-order valence-electron chi connectivity index (χ2n) is 4.50. The van der Waals surface area contributed by atoms with Crippen molar-refractivity contribution in [2.45, 2.75) is 25.8 Å². The van der Waals surface area contributed by atoms with Crippen LogP contribution in [-0.4, -0.2) is 28.0 Å². The molecule has 0 aromatic heterocycles. The summed E-state index contributed by atoms with van der Waals surface area (Å²) in [6, 6.07) is 0.391. The first-order valence-electron chi connectivity index (χ1n) is 5.90. The molecule has 0 radical (unpaired) electrons. The zero-order valence-corrected chi connectivity index (χ0v) is 9.77. The average Bonchev–Trinajstić information content (AvgIpc) is 2.81. The van der Waals surface area contributed by atoms with Gasteiger partial charge in [0.25, 0.3) is 5.56 Å². The van der Waals surface area contributed by atoms with Gasteiger partial charge in [-0.3, -0.25) is 9.48 Å². The molecule has 0 aliphatic carbocycles. The number of H-pyrrole nitrogens is 1. The highest BCUT2D eigenvalue weighted by atomic mass is 16.5. The first kappa shape index (κ1) is 10.5. The molecule has 3 rings (SSSR count). The summed E-state index contributed by atoms with van der Waals surface area (Å²) in [7, 11) is 0. The van der Waals surface area contributed by atoms with Gasteiger partial charge in [-0.2, -0.15) is 0 Å². The SMILES string of the molecule is Cc1cnc(=O)c2c[nH]n(C3CCOCC3)c1-2. The molecule has 1 saturated heterocycles. The lowest BCUT2D eigenvalue weighted by molar-refractivity contribution is 0.0667. The number of aryl methyl sites for hydroxylation is 1. The summed E-state index contributed by atoms with van der Waals surface area (Å²) in [4.78, 5) is 15.5. The van der Waals surface area contributed by atoms with Crippen LogP contribution in [0.4, 0.5) is 0 Å². The average molecular weight is 233 g/mol. The summed E-state index contributed by atoms with van der Waals surface area (Å²) in [5.74, 6) is 0. The van der Waals surface area contributed by atoms with E-state index in [1.807, 2.05) is 6.92 Å². The molecule has 3 heterocycles. The van der Waals surface area contributed by atoms with Crippen LogP contribution in [0.1, 0.15) is 24.4 Å². The van der Waals surface area contributed by atoms with Crippen LogP contribution in [0, 0.1) is 6.92 Å². The Morgan fingerprint density at radius 3 is 3.00 bits per heavy atom. The Kier molecular flexibility index (Phi) is 2.48. The van der Waals surface area contributed by atoms with Crippen molar-refractivity contribution in [2.24, 2.45) is 0 Å². The quantitative estimate of drug-likeness (QED) is 0.808. The van der Waals surface area contributed by atoms with E-state index in [-0.39, 0.29) is 5.56 Å². The third kappa shape index (κ3) is 1.67. The van der Waals surface area contributed by atoms with Gasteiger partial charge in [0.2, 0.25) is 0 Å². The molecule has 0 unspecified atom stereocenters. The number of ether oxygens (including phenoxy) is 1. The molecule has 1 fully saturated rings. The third-order valence-electron chi connectivity index (χ3n) is 3.38. The summed E-state index contributed by atoms with van der Waals surface area (Å²) < 4.78 is 7.46. The van der Waals surface area contributed by atoms with Crippen molar-refractivity contribution in [2.75, 3.05) is 13.2 Å². The fourth-order valence-corrected chi connectivity index (χ4v) is 2.48. The molecule has 0 bridgehead atoms. The molecule has 1 N–H and O–H groups in total. The van der Waals surface area contributed by atoms with E-state index in [0.29, 0.717) is 11.6 Å². The Labute approximate surface area is 98.8 Å². The van der Waals surface area contributed by atoms with Crippen LogP contribution in [0.2, 0.25) is 0 Å². The monoisotopic (exact) mass is 233 g/mol. The molecule has 0 amide bonds. The molecular weight excluding hydrogens is 218 g/mol. The molecule has 0 saturated carbocycles. The summed E-state index contributed by atoms with van der Waals surface area (Å²) in [6.45, 7) is 3.55. The number of hydrogen-bond donors (Lipinski definition) is 1. The molecule has 5 heteroatoms. The third-order valence-corrected chi connectivity index (χ3v) is 3.38. The van der Waals surface area contributed by atoms with Gasteiger partial charge in [-0.25, -0.2) is 4.98 Å². The second-order valence-corrected chi connectivity index (χ2v) is 4.50. The lowest BCUT2D eigenvalue weighted by Gasteiger charge is -2.25. The fourth-order valence-electron chi connectivity index (χ4n) is 2.48. The van der Waals surface area contributed by atoms with Gasteiger partial charge in [-0.15, -0.1) is 0 Å². The van der Waals surface area contributed by atoms with Crippen LogP contribution >= 0.6 is 0 Å². The zero-order valence-electron chi connectivity index (χ0n) is 9.77. The van der Waals surface area contributed by atoms with Gasteiger partial charge in [-0.05, 0) is 25.3 Å². The first-order chi connectivity index (χ1) is 8.27. The van der Waals surface area contributed by atoms with Crippen LogP contribution < -0.4 is 5.56 Å². The van der Waals surface area contributed by atoms with Gasteiger partial charge in [0.05, 0.1) is 17.3 Å². The number of hydrogen-bond acceptors (Lipinski definition) is 3. The molecule has 0 aromatic rings. The van der Waals surface area contributed by atoms with Crippen LogP contribution in [0.3, 0.4) is 0 Å². The van der Waals surface area contributed by atoms with E-state index in [9.17, 15) is 4.79 Å². The molecular formula is C12H15N3O2. The van der Waals surface area contributed by atoms with Crippen LogP contribution in [0.15, 0.2) is 17.2 Å². The standard InChI is InChI=1S/C12H15N3O2/c1-8-6-13-12(16)10-7-14-15(11(8)10)9-2-4-17-5-3-9/h6-7,9,14H,2-5H2,1H3. The van der Waals surface area contributed by atoms with E-state index in [1.165, 1.54) is 0 Å². The Hall–Kier alpha value is -1.62. The van der Waals surface area contributed by atoms with E-state index in [0.717, 1.165) is 37.3 Å². The minimum atomic E-state index is -0.160. The Balaban J connectivity index is 2.10. The van der Waals surface area contributed by atoms with Crippen molar-refractivity contribution in [1.82, 2.24) is 14.8 Å². The predicted molar refractivity (Wildman–Crippen MR) is 63.3 cm³/mol. The number of nitrogens with zero attached hydrogens (tertiary/aromatic N) is 2. The van der Waals surface area contributed by atoms with Gasteiger partial charge < -0.3 is 9.84 Å². The Bertz CT molecular complexity index is 552. The minimum absolute atomic E-state index is 0.160. The predicted octanol–water partition coefficient (Wildman–Crippen LogP) is 1.34. The zero-order chi connectivity index (χ0) is 11.8. The molecule has 5 nitrogen and oxygen atoms in total. The van der Waals surface area contributed by atoms with Gasteiger partial charge in [0.1, 0.15) is 0 Å². The number of rotatable bonds is 1. The molecule has 3 aliphatic rings. The molecule has 0 spiro atoms. The Morgan fingerprint density at radius 2 is 2.24 bits per heavy atom. The highest BCUT2D eigenvalue weighted by Gasteiger charge is 2.22. The van der Waals surface area contributed by atoms with Gasteiger partial charge in [0.15, 0.2) is 0 Å². The van der Waals surface area contributed by atoms with Crippen LogP contribution in [0.25, 0.3) is 11.3 Å². The molecule has 3 aliphatic heterocycles. The van der Waals surface area contributed by atoms with Crippen molar-refractivity contribution in [3.05, 3.63) is 28.3 Å². The van der Waals surface area contributed by atoms with Gasteiger partial charge in [0, 0.05) is 25.6 Å². The normalized spacial score (nSPS) is 17.7. The van der Waals surface area contributed by atoms with Crippen LogP contribution in [-0.2, 0) is 4.74 Å². The summed E-state index contributed by atoms with van der Waals surface area (Å²) in [6.07, 6.45) is 5.37.